The van der Waals surface area contributed by atoms with Gasteiger partial charge in [0.05, 0.1) is 15.5 Å². The van der Waals surface area contributed by atoms with Gasteiger partial charge in [0.2, 0.25) is 0 Å². The van der Waals surface area contributed by atoms with Crippen molar-refractivity contribution in [1.29, 1.82) is 0 Å². The van der Waals surface area contributed by atoms with Crippen LogP contribution in [0.5, 0.6) is 0 Å². The molecule has 2 rings (SSSR count). The van der Waals surface area contributed by atoms with Gasteiger partial charge in [-0.25, -0.2) is 17.2 Å². The number of carbonyl (C=O) groups is 1. The molecule has 0 bridgehead atoms. The Labute approximate surface area is 153 Å². The Morgan fingerprint density at radius 2 is 1.78 bits per heavy atom. The summed E-state index contributed by atoms with van der Waals surface area (Å²) in [4.78, 5) is 21.7. The van der Waals surface area contributed by atoms with E-state index in [-0.39, 0.29) is 29.4 Å². The van der Waals surface area contributed by atoms with E-state index in [0.29, 0.717) is 0 Å². The van der Waals surface area contributed by atoms with Gasteiger partial charge < -0.3 is 10.6 Å². The first kappa shape index (κ1) is 20.2. The number of benzene rings is 2. The number of rotatable bonds is 7. The molecule has 2 aromatic carbocycles. The summed E-state index contributed by atoms with van der Waals surface area (Å²) in [6.07, 6.45) is 0.903. The summed E-state index contributed by atoms with van der Waals surface area (Å²) < 4.78 is 50.7. The van der Waals surface area contributed by atoms with E-state index in [1.807, 2.05) is 0 Å². The average molecular weight is 399 g/mol. The van der Waals surface area contributed by atoms with E-state index in [1.54, 1.807) is 0 Å². The lowest BCUT2D eigenvalue weighted by atomic mass is 10.2. The molecule has 27 heavy (non-hydrogen) atoms. The lowest BCUT2D eigenvalue weighted by Gasteiger charge is -2.12. The van der Waals surface area contributed by atoms with Crippen LogP contribution in [0.15, 0.2) is 41.3 Å². The molecule has 0 aliphatic rings. The number of non-ortho nitro benzene ring substituents is 1. The smallest absolute Gasteiger partial charge is 0.270 e. The van der Waals surface area contributed by atoms with Crippen LogP contribution in [-0.4, -0.2) is 38.6 Å². The number of hydrogen-bond acceptors (Lipinski definition) is 6. The normalized spacial score (nSPS) is 11.1. The number of amides is 1. The summed E-state index contributed by atoms with van der Waals surface area (Å²) in [6.45, 7) is -0.0606. The topological polar surface area (TPSA) is 118 Å². The van der Waals surface area contributed by atoms with Crippen molar-refractivity contribution < 1.29 is 26.9 Å². The minimum atomic E-state index is -3.75. The van der Waals surface area contributed by atoms with Gasteiger partial charge in [0.15, 0.2) is 9.84 Å². The Bertz CT molecular complexity index is 975. The molecule has 0 heterocycles. The first-order valence-corrected chi connectivity index (χ1v) is 9.45. The molecule has 2 aromatic rings. The molecular formula is C16H15F2N3O5S. The molecule has 144 valence electrons. The van der Waals surface area contributed by atoms with Crippen molar-refractivity contribution >= 4 is 27.1 Å². The van der Waals surface area contributed by atoms with Gasteiger partial charge in [0, 0.05) is 31.5 Å². The number of nitro groups is 1. The van der Waals surface area contributed by atoms with Crippen molar-refractivity contribution in [3.8, 4) is 0 Å². The maximum Gasteiger partial charge on any atom is 0.270 e. The standard InChI is InChI=1S/C16H15F2N3O5S/c1-27(25,26)14-9-10(21(23)24)5-6-13(14)19-7-8-20-16(22)15-11(17)3-2-4-12(15)18/h2-6,9,19H,7-8H2,1H3,(H,20,22). The molecule has 8 nitrogen and oxygen atoms in total. The van der Waals surface area contributed by atoms with E-state index >= 15 is 0 Å². The second kappa shape index (κ2) is 8.08. The quantitative estimate of drug-likeness (QED) is 0.418. The summed E-state index contributed by atoms with van der Waals surface area (Å²) in [5.41, 5.74) is -0.997. The fraction of sp³-hybridized carbons (Fsp3) is 0.188. The minimum absolute atomic E-state index is 0.0160. The molecule has 0 saturated carbocycles. The summed E-state index contributed by atoms with van der Waals surface area (Å²) in [7, 11) is -3.75. The second-order valence-corrected chi connectivity index (χ2v) is 7.47. The highest BCUT2D eigenvalue weighted by Crippen LogP contribution is 2.26. The Balaban J connectivity index is 2.05. The van der Waals surface area contributed by atoms with E-state index in [9.17, 15) is 32.1 Å². The van der Waals surface area contributed by atoms with Gasteiger partial charge in [-0.1, -0.05) is 6.07 Å². The van der Waals surface area contributed by atoms with Crippen LogP contribution < -0.4 is 10.6 Å². The summed E-state index contributed by atoms with van der Waals surface area (Å²) >= 11 is 0. The van der Waals surface area contributed by atoms with Gasteiger partial charge in [0.1, 0.15) is 17.2 Å². The molecule has 0 fully saturated rings. The number of sulfone groups is 1. The number of hydrogen-bond donors (Lipinski definition) is 2. The van der Waals surface area contributed by atoms with Crippen molar-refractivity contribution in [2.24, 2.45) is 0 Å². The van der Waals surface area contributed by atoms with Crippen LogP contribution in [0, 0.1) is 21.7 Å². The molecule has 0 atom stereocenters. The van der Waals surface area contributed by atoms with Gasteiger partial charge >= 0.3 is 0 Å². The van der Waals surface area contributed by atoms with Crippen molar-refractivity contribution in [1.82, 2.24) is 5.32 Å². The van der Waals surface area contributed by atoms with Crippen LogP contribution in [0.1, 0.15) is 10.4 Å². The summed E-state index contributed by atoms with van der Waals surface area (Å²) in [5, 5.41) is 15.8. The van der Waals surface area contributed by atoms with Gasteiger partial charge in [-0.2, -0.15) is 0 Å². The average Bonchev–Trinajstić information content (AvgIpc) is 2.57. The Morgan fingerprint density at radius 3 is 2.33 bits per heavy atom. The number of nitrogens with one attached hydrogen (secondary N) is 2. The highest BCUT2D eigenvalue weighted by Gasteiger charge is 2.19. The van der Waals surface area contributed by atoms with Gasteiger partial charge in [-0.3, -0.25) is 14.9 Å². The van der Waals surface area contributed by atoms with Crippen LogP contribution in [0.2, 0.25) is 0 Å². The lowest BCUT2D eigenvalue weighted by Crippen LogP contribution is -2.30. The molecule has 0 aromatic heterocycles. The fourth-order valence-electron chi connectivity index (χ4n) is 2.25. The molecule has 0 saturated heterocycles. The molecule has 0 aliphatic heterocycles. The predicted octanol–water partition coefficient (Wildman–Crippen LogP) is 2.12. The third-order valence-electron chi connectivity index (χ3n) is 3.49. The van der Waals surface area contributed by atoms with Gasteiger partial charge in [-0.15, -0.1) is 0 Å². The monoisotopic (exact) mass is 399 g/mol. The first-order chi connectivity index (χ1) is 12.6. The Morgan fingerprint density at radius 1 is 1.15 bits per heavy atom. The Hall–Kier alpha value is -3.08. The fourth-order valence-corrected chi connectivity index (χ4v) is 3.13. The van der Waals surface area contributed by atoms with Crippen LogP contribution >= 0.6 is 0 Å². The number of anilines is 1. The number of carbonyl (C=O) groups excluding carboxylic acids is 1. The van der Waals surface area contributed by atoms with E-state index in [1.165, 1.54) is 6.07 Å². The predicted molar refractivity (Wildman–Crippen MR) is 93.4 cm³/mol. The summed E-state index contributed by atoms with van der Waals surface area (Å²) in [6, 6.07) is 6.31. The van der Waals surface area contributed by atoms with E-state index in [4.69, 9.17) is 0 Å². The molecule has 0 spiro atoms. The molecule has 11 heteroatoms. The van der Waals surface area contributed by atoms with Crippen LogP contribution in [0.4, 0.5) is 20.2 Å². The van der Waals surface area contributed by atoms with Crippen molar-refractivity contribution in [2.75, 3.05) is 24.7 Å². The SMILES string of the molecule is CS(=O)(=O)c1cc([N+](=O)[O-])ccc1NCCNC(=O)c1c(F)cccc1F. The Kier molecular flexibility index (Phi) is 6.05. The zero-order chi connectivity index (χ0) is 20.2. The maximum atomic E-state index is 13.5. The summed E-state index contributed by atoms with van der Waals surface area (Å²) in [5.74, 6) is -2.97. The molecule has 0 unspecified atom stereocenters. The van der Waals surface area contributed by atoms with Crippen LogP contribution in [0.25, 0.3) is 0 Å². The highest BCUT2D eigenvalue weighted by atomic mass is 32.2. The maximum absolute atomic E-state index is 13.5. The molecular weight excluding hydrogens is 384 g/mol. The molecule has 0 aliphatic carbocycles. The van der Waals surface area contributed by atoms with Crippen LogP contribution in [0.3, 0.4) is 0 Å². The zero-order valence-electron chi connectivity index (χ0n) is 14.0. The van der Waals surface area contributed by atoms with E-state index in [2.05, 4.69) is 10.6 Å². The van der Waals surface area contributed by atoms with Crippen molar-refractivity contribution in [3.63, 3.8) is 0 Å². The zero-order valence-corrected chi connectivity index (χ0v) is 14.8. The number of halogens is 2. The minimum Gasteiger partial charge on any atom is -0.382 e. The highest BCUT2D eigenvalue weighted by molar-refractivity contribution is 7.90. The third kappa shape index (κ3) is 4.97. The first-order valence-electron chi connectivity index (χ1n) is 7.56. The number of nitro benzene ring substituents is 1. The largest absolute Gasteiger partial charge is 0.382 e. The van der Waals surface area contributed by atoms with Gasteiger partial charge in [-0.05, 0) is 18.2 Å². The van der Waals surface area contributed by atoms with Gasteiger partial charge in [0.25, 0.3) is 11.6 Å². The van der Waals surface area contributed by atoms with E-state index < -0.39 is 37.9 Å². The number of nitrogens with zero attached hydrogens (tertiary/aromatic N) is 1. The second-order valence-electron chi connectivity index (χ2n) is 5.49. The molecule has 2 N–H and O–H groups in total. The lowest BCUT2D eigenvalue weighted by molar-refractivity contribution is -0.385. The van der Waals surface area contributed by atoms with Crippen molar-refractivity contribution in [2.45, 2.75) is 4.90 Å². The van der Waals surface area contributed by atoms with E-state index in [0.717, 1.165) is 36.6 Å². The molecule has 0 radical (unpaired) electrons. The third-order valence-corrected chi connectivity index (χ3v) is 4.63. The molecule has 1 amide bonds. The van der Waals surface area contributed by atoms with Crippen LogP contribution in [-0.2, 0) is 9.84 Å². The van der Waals surface area contributed by atoms with Crippen molar-refractivity contribution in [3.05, 3.63) is 63.7 Å².